The SMILES string of the molecule is O=C(O)c1ccc(Cl)nc1N1CC2CCC1C2. The lowest BCUT2D eigenvalue weighted by molar-refractivity contribution is 0.0697. The third-order valence-electron chi connectivity index (χ3n) is 3.75. The Bertz CT molecular complexity index is 478. The molecule has 0 aromatic carbocycles. The minimum Gasteiger partial charge on any atom is -0.478 e. The van der Waals surface area contributed by atoms with Crippen LogP contribution >= 0.6 is 11.6 Å². The van der Waals surface area contributed by atoms with Gasteiger partial charge < -0.3 is 10.0 Å². The number of aromatic nitrogens is 1. The van der Waals surface area contributed by atoms with Crippen LogP contribution in [-0.2, 0) is 0 Å². The summed E-state index contributed by atoms with van der Waals surface area (Å²) in [5, 5.41) is 9.53. The first-order chi connectivity index (χ1) is 8.15. The fourth-order valence-electron chi connectivity index (χ4n) is 3.00. The summed E-state index contributed by atoms with van der Waals surface area (Å²) in [5.74, 6) is 0.298. The standard InChI is InChI=1S/C12H13ClN2O2/c13-10-4-3-9(12(16)17)11(14-10)15-6-7-1-2-8(15)5-7/h3-4,7-8H,1-2,5-6H2,(H,16,17). The molecule has 4 nitrogen and oxygen atoms in total. The Balaban J connectivity index is 2.01. The number of carboxylic acids is 1. The number of hydrogen-bond donors (Lipinski definition) is 1. The number of piperidine rings is 1. The molecule has 0 spiro atoms. The highest BCUT2D eigenvalue weighted by atomic mass is 35.5. The molecule has 1 saturated carbocycles. The van der Waals surface area contributed by atoms with E-state index in [4.69, 9.17) is 11.6 Å². The van der Waals surface area contributed by atoms with Crippen molar-refractivity contribution in [2.24, 2.45) is 5.92 Å². The van der Waals surface area contributed by atoms with Crippen LogP contribution in [0.15, 0.2) is 12.1 Å². The molecule has 3 rings (SSSR count). The Hall–Kier alpha value is -1.29. The lowest BCUT2D eigenvalue weighted by atomic mass is 10.1. The first-order valence-corrected chi connectivity index (χ1v) is 6.19. The van der Waals surface area contributed by atoms with E-state index < -0.39 is 5.97 Å². The summed E-state index contributed by atoms with van der Waals surface area (Å²) in [6, 6.07) is 3.52. The van der Waals surface area contributed by atoms with Crippen molar-refractivity contribution in [2.45, 2.75) is 25.3 Å². The minimum atomic E-state index is -0.938. The molecule has 2 heterocycles. The largest absolute Gasteiger partial charge is 0.478 e. The van der Waals surface area contributed by atoms with E-state index in [2.05, 4.69) is 9.88 Å². The van der Waals surface area contributed by atoms with Crippen LogP contribution in [0.1, 0.15) is 29.6 Å². The van der Waals surface area contributed by atoms with Crippen molar-refractivity contribution in [2.75, 3.05) is 11.4 Å². The molecule has 2 atom stereocenters. The molecular formula is C12H13ClN2O2. The van der Waals surface area contributed by atoms with Gasteiger partial charge in [-0.1, -0.05) is 11.6 Å². The number of fused-ring (bicyclic) bond motifs is 2. The Labute approximate surface area is 104 Å². The van der Waals surface area contributed by atoms with Crippen LogP contribution in [0.2, 0.25) is 5.15 Å². The number of nitrogens with zero attached hydrogens (tertiary/aromatic N) is 2. The second-order valence-corrected chi connectivity index (χ2v) is 5.18. The van der Waals surface area contributed by atoms with E-state index >= 15 is 0 Å². The Kier molecular flexibility index (Phi) is 2.47. The summed E-state index contributed by atoms with van der Waals surface area (Å²) in [7, 11) is 0. The second-order valence-electron chi connectivity index (χ2n) is 4.80. The highest BCUT2D eigenvalue weighted by Crippen LogP contribution is 2.40. The van der Waals surface area contributed by atoms with Crippen molar-refractivity contribution in [3.8, 4) is 0 Å². The number of halogens is 1. The van der Waals surface area contributed by atoms with Crippen molar-refractivity contribution in [3.63, 3.8) is 0 Å². The number of rotatable bonds is 2. The van der Waals surface area contributed by atoms with E-state index in [1.54, 1.807) is 6.07 Å². The van der Waals surface area contributed by atoms with Gasteiger partial charge in [-0.25, -0.2) is 9.78 Å². The molecule has 1 saturated heterocycles. The summed E-state index contributed by atoms with van der Waals surface area (Å²) in [4.78, 5) is 17.5. The number of carboxylic acid groups (broad SMARTS) is 1. The van der Waals surface area contributed by atoms with Crippen LogP contribution in [0.3, 0.4) is 0 Å². The van der Waals surface area contributed by atoms with Crippen molar-refractivity contribution in [3.05, 3.63) is 22.8 Å². The zero-order chi connectivity index (χ0) is 12.0. The Morgan fingerprint density at radius 3 is 2.88 bits per heavy atom. The number of anilines is 1. The summed E-state index contributed by atoms with van der Waals surface area (Å²) in [6.45, 7) is 0.915. The second kappa shape index (κ2) is 3.88. The van der Waals surface area contributed by atoms with Crippen LogP contribution < -0.4 is 4.90 Å². The van der Waals surface area contributed by atoms with Crippen molar-refractivity contribution in [1.82, 2.24) is 4.98 Å². The lowest BCUT2D eigenvalue weighted by Crippen LogP contribution is -2.33. The van der Waals surface area contributed by atoms with Gasteiger partial charge in [-0.05, 0) is 37.3 Å². The third-order valence-corrected chi connectivity index (χ3v) is 3.96. The predicted molar refractivity (Wildman–Crippen MR) is 64.7 cm³/mol. The number of hydrogen-bond acceptors (Lipinski definition) is 3. The zero-order valence-corrected chi connectivity index (χ0v) is 10.0. The molecular weight excluding hydrogens is 240 g/mol. The monoisotopic (exact) mass is 252 g/mol. The van der Waals surface area contributed by atoms with Crippen molar-refractivity contribution < 1.29 is 9.90 Å². The van der Waals surface area contributed by atoms with Gasteiger partial charge in [0.25, 0.3) is 0 Å². The average Bonchev–Trinajstić information content (AvgIpc) is 2.90. The van der Waals surface area contributed by atoms with Gasteiger partial charge >= 0.3 is 5.97 Å². The smallest absolute Gasteiger partial charge is 0.339 e. The molecule has 90 valence electrons. The first kappa shape index (κ1) is 10.8. The van der Waals surface area contributed by atoms with Crippen LogP contribution in [0.5, 0.6) is 0 Å². The predicted octanol–water partition coefficient (Wildman–Crippen LogP) is 2.42. The molecule has 1 aromatic heterocycles. The normalized spacial score (nSPS) is 26.5. The maximum atomic E-state index is 11.2. The quantitative estimate of drug-likeness (QED) is 0.822. The summed E-state index contributed by atoms with van der Waals surface area (Å²) < 4.78 is 0. The zero-order valence-electron chi connectivity index (χ0n) is 9.27. The van der Waals surface area contributed by atoms with E-state index in [0.717, 1.165) is 19.4 Å². The van der Waals surface area contributed by atoms with Gasteiger partial charge in [-0.3, -0.25) is 0 Å². The Morgan fingerprint density at radius 1 is 1.47 bits per heavy atom. The molecule has 0 amide bonds. The van der Waals surface area contributed by atoms with E-state index in [-0.39, 0.29) is 5.56 Å². The average molecular weight is 253 g/mol. The molecule has 1 N–H and O–H groups in total. The van der Waals surface area contributed by atoms with Gasteiger partial charge in [-0.15, -0.1) is 0 Å². The number of carbonyl (C=O) groups is 1. The molecule has 2 fully saturated rings. The summed E-state index contributed by atoms with van der Waals surface area (Å²) >= 11 is 5.87. The number of pyridine rings is 1. The fourth-order valence-corrected chi connectivity index (χ4v) is 3.14. The summed E-state index contributed by atoms with van der Waals surface area (Å²) in [6.07, 6.45) is 3.55. The molecule has 0 radical (unpaired) electrons. The molecule has 2 aliphatic rings. The van der Waals surface area contributed by atoms with Crippen LogP contribution in [-0.4, -0.2) is 28.6 Å². The molecule has 5 heteroatoms. The van der Waals surface area contributed by atoms with Gasteiger partial charge in [0.2, 0.25) is 0 Å². The van der Waals surface area contributed by atoms with Gasteiger partial charge in [0.05, 0.1) is 0 Å². The fraction of sp³-hybridized carbons (Fsp3) is 0.500. The molecule has 1 aliphatic carbocycles. The first-order valence-electron chi connectivity index (χ1n) is 5.81. The van der Waals surface area contributed by atoms with Crippen molar-refractivity contribution in [1.29, 1.82) is 0 Å². The molecule has 1 aromatic rings. The van der Waals surface area contributed by atoms with Gasteiger partial charge in [0, 0.05) is 12.6 Å². The van der Waals surface area contributed by atoms with Crippen molar-refractivity contribution >= 4 is 23.4 Å². The highest BCUT2D eigenvalue weighted by Gasteiger charge is 2.39. The van der Waals surface area contributed by atoms with E-state index in [1.165, 1.54) is 12.5 Å². The molecule has 2 bridgehead atoms. The molecule has 17 heavy (non-hydrogen) atoms. The van der Waals surface area contributed by atoms with E-state index in [9.17, 15) is 9.90 Å². The molecule has 2 unspecified atom stereocenters. The van der Waals surface area contributed by atoms with Crippen LogP contribution in [0.25, 0.3) is 0 Å². The lowest BCUT2D eigenvalue weighted by Gasteiger charge is -2.29. The van der Waals surface area contributed by atoms with E-state index in [1.807, 2.05) is 0 Å². The van der Waals surface area contributed by atoms with Gasteiger partial charge in [-0.2, -0.15) is 0 Å². The van der Waals surface area contributed by atoms with E-state index in [0.29, 0.717) is 22.9 Å². The van der Waals surface area contributed by atoms with Gasteiger partial charge in [0.15, 0.2) is 0 Å². The van der Waals surface area contributed by atoms with Crippen LogP contribution in [0.4, 0.5) is 5.82 Å². The number of aromatic carboxylic acids is 1. The summed E-state index contributed by atoms with van der Waals surface area (Å²) in [5.41, 5.74) is 0.252. The molecule has 1 aliphatic heterocycles. The third kappa shape index (κ3) is 1.76. The maximum absolute atomic E-state index is 11.2. The maximum Gasteiger partial charge on any atom is 0.339 e. The minimum absolute atomic E-state index is 0.252. The van der Waals surface area contributed by atoms with Gasteiger partial charge in [0.1, 0.15) is 16.5 Å². The highest BCUT2D eigenvalue weighted by molar-refractivity contribution is 6.29. The Morgan fingerprint density at radius 2 is 2.29 bits per heavy atom. The topological polar surface area (TPSA) is 53.4 Å². The van der Waals surface area contributed by atoms with Crippen LogP contribution in [0, 0.1) is 5.92 Å².